The number of nitrogens with one attached hydrogen (secondary N) is 3. The molecule has 0 aliphatic heterocycles. The molecule has 2 heterocycles. The van der Waals surface area contributed by atoms with Crippen molar-refractivity contribution in [2.75, 3.05) is 14.2 Å². The molecule has 9 nitrogen and oxygen atoms in total. The second-order valence-corrected chi connectivity index (χ2v) is 8.42. The fraction of sp³-hybridized carbons (Fsp3) is 0.360. The summed E-state index contributed by atoms with van der Waals surface area (Å²) in [4.78, 5) is 45.9. The Bertz CT molecular complexity index is 1170. The van der Waals surface area contributed by atoms with Gasteiger partial charge in [-0.2, -0.15) is 0 Å². The van der Waals surface area contributed by atoms with Crippen LogP contribution in [0.15, 0.2) is 48.7 Å². The van der Waals surface area contributed by atoms with Crippen LogP contribution >= 0.6 is 0 Å². The predicted octanol–water partition coefficient (Wildman–Crippen LogP) is 2.37. The number of methoxy groups -OCH3 is 2. The number of amides is 2. The summed E-state index contributed by atoms with van der Waals surface area (Å²) in [5.74, 6) is -0.390. The summed E-state index contributed by atoms with van der Waals surface area (Å²) >= 11 is 0. The standard InChI is InChI=1S/C25H28N4O5/c1-33-22-8-5-7-18-17(22)14-20(27-18)24(31)28-19(12-15-9-10-15)23(30)29-21(25(32)34-2)13-16-6-3-4-11-26-16/h3-8,11,14-15,19,21,27H,9-10,12-13H2,1-2H3,(H,28,31)(H,29,30). The van der Waals surface area contributed by atoms with Crippen LogP contribution in [-0.4, -0.2) is 54.1 Å². The summed E-state index contributed by atoms with van der Waals surface area (Å²) in [6, 6.07) is 10.9. The molecule has 0 bridgehead atoms. The molecule has 0 radical (unpaired) electrons. The molecule has 1 saturated carbocycles. The first kappa shape index (κ1) is 23.3. The van der Waals surface area contributed by atoms with E-state index in [1.807, 2.05) is 24.3 Å². The number of aromatic nitrogens is 2. The lowest BCUT2D eigenvalue weighted by atomic mass is 10.1. The van der Waals surface area contributed by atoms with Crippen LogP contribution in [0.1, 0.15) is 35.4 Å². The number of benzene rings is 1. The van der Waals surface area contributed by atoms with Crippen molar-refractivity contribution in [2.24, 2.45) is 5.92 Å². The lowest BCUT2D eigenvalue weighted by Crippen LogP contribution is -2.52. The number of aromatic amines is 1. The zero-order valence-electron chi connectivity index (χ0n) is 19.2. The van der Waals surface area contributed by atoms with E-state index in [-0.39, 0.29) is 6.42 Å². The summed E-state index contributed by atoms with van der Waals surface area (Å²) in [5, 5.41) is 6.37. The first-order chi connectivity index (χ1) is 16.5. The Morgan fingerprint density at radius 2 is 1.91 bits per heavy atom. The van der Waals surface area contributed by atoms with E-state index in [9.17, 15) is 14.4 Å². The molecule has 0 saturated heterocycles. The molecule has 4 rings (SSSR count). The second kappa shape index (κ2) is 10.4. The van der Waals surface area contributed by atoms with Crippen molar-refractivity contribution in [1.29, 1.82) is 0 Å². The molecular formula is C25H28N4O5. The van der Waals surface area contributed by atoms with Crippen LogP contribution in [0.5, 0.6) is 5.75 Å². The van der Waals surface area contributed by atoms with Gasteiger partial charge < -0.3 is 25.1 Å². The molecule has 34 heavy (non-hydrogen) atoms. The zero-order valence-corrected chi connectivity index (χ0v) is 19.2. The zero-order chi connectivity index (χ0) is 24.1. The van der Waals surface area contributed by atoms with Crippen molar-refractivity contribution in [3.8, 4) is 5.75 Å². The van der Waals surface area contributed by atoms with Gasteiger partial charge in [-0.3, -0.25) is 14.6 Å². The quantitative estimate of drug-likeness (QED) is 0.396. The van der Waals surface area contributed by atoms with Gasteiger partial charge in [0.05, 0.1) is 14.2 Å². The van der Waals surface area contributed by atoms with Gasteiger partial charge in [-0.15, -0.1) is 0 Å². The van der Waals surface area contributed by atoms with Gasteiger partial charge in [-0.25, -0.2) is 4.79 Å². The Labute approximate surface area is 197 Å². The average Bonchev–Trinajstić information content (AvgIpc) is 3.56. The highest BCUT2D eigenvalue weighted by atomic mass is 16.5. The van der Waals surface area contributed by atoms with E-state index in [2.05, 4.69) is 20.6 Å². The van der Waals surface area contributed by atoms with E-state index in [0.717, 1.165) is 23.7 Å². The highest BCUT2D eigenvalue weighted by molar-refractivity contribution is 6.01. The maximum atomic E-state index is 13.2. The number of ether oxygens (including phenoxy) is 2. The van der Waals surface area contributed by atoms with Crippen molar-refractivity contribution in [2.45, 2.75) is 37.8 Å². The van der Waals surface area contributed by atoms with Crippen molar-refractivity contribution in [3.05, 3.63) is 60.0 Å². The lowest BCUT2D eigenvalue weighted by molar-refractivity contribution is -0.145. The number of esters is 1. The second-order valence-electron chi connectivity index (χ2n) is 8.42. The monoisotopic (exact) mass is 464 g/mol. The highest BCUT2D eigenvalue weighted by Gasteiger charge is 2.33. The number of carbonyl (C=O) groups is 3. The molecule has 1 aliphatic rings. The third kappa shape index (κ3) is 5.54. The Morgan fingerprint density at radius 3 is 2.59 bits per heavy atom. The van der Waals surface area contributed by atoms with Gasteiger partial charge in [-0.05, 0) is 42.7 Å². The fourth-order valence-corrected chi connectivity index (χ4v) is 3.92. The third-order valence-corrected chi connectivity index (χ3v) is 5.92. The van der Waals surface area contributed by atoms with E-state index < -0.39 is 29.9 Å². The summed E-state index contributed by atoms with van der Waals surface area (Å²) in [6.45, 7) is 0. The number of hydrogen-bond acceptors (Lipinski definition) is 6. The van der Waals surface area contributed by atoms with Gasteiger partial charge in [0.15, 0.2) is 0 Å². The van der Waals surface area contributed by atoms with Crippen LogP contribution in [0, 0.1) is 5.92 Å². The SMILES string of the molecule is COC(=O)C(Cc1ccccn1)NC(=O)C(CC1CC1)NC(=O)c1cc2c(OC)cccc2[nH]1. The highest BCUT2D eigenvalue weighted by Crippen LogP contribution is 2.34. The van der Waals surface area contributed by atoms with E-state index in [1.54, 1.807) is 31.5 Å². The van der Waals surface area contributed by atoms with Gasteiger partial charge in [0, 0.05) is 29.2 Å². The van der Waals surface area contributed by atoms with E-state index >= 15 is 0 Å². The first-order valence-corrected chi connectivity index (χ1v) is 11.2. The number of hydrogen-bond donors (Lipinski definition) is 3. The van der Waals surface area contributed by atoms with Crippen LogP contribution in [-0.2, 0) is 20.7 Å². The van der Waals surface area contributed by atoms with Crippen molar-refractivity contribution < 1.29 is 23.9 Å². The third-order valence-electron chi connectivity index (χ3n) is 5.92. The molecule has 2 unspecified atom stereocenters. The van der Waals surface area contributed by atoms with Crippen LogP contribution in [0.25, 0.3) is 10.9 Å². The van der Waals surface area contributed by atoms with E-state index in [1.165, 1.54) is 7.11 Å². The lowest BCUT2D eigenvalue weighted by Gasteiger charge is -2.22. The average molecular weight is 465 g/mol. The molecule has 3 aromatic rings. The minimum absolute atomic E-state index is 0.186. The Balaban J connectivity index is 1.49. The summed E-state index contributed by atoms with van der Waals surface area (Å²) in [6.07, 6.45) is 4.33. The Morgan fingerprint density at radius 1 is 1.09 bits per heavy atom. The summed E-state index contributed by atoms with van der Waals surface area (Å²) < 4.78 is 10.2. The van der Waals surface area contributed by atoms with Crippen LogP contribution in [0.2, 0.25) is 0 Å². The van der Waals surface area contributed by atoms with Crippen LogP contribution in [0.4, 0.5) is 0 Å². The first-order valence-electron chi connectivity index (χ1n) is 11.2. The number of pyridine rings is 1. The largest absolute Gasteiger partial charge is 0.496 e. The van der Waals surface area contributed by atoms with Crippen molar-refractivity contribution >= 4 is 28.7 Å². The molecule has 2 atom stereocenters. The Kier molecular flexibility index (Phi) is 7.10. The Hall–Kier alpha value is -3.88. The molecule has 1 aliphatic carbocycles. The number of nitrogens with zero attached hydrogens (tertiary/aromatic N) is 1. The molecule has 9 heteroatoms. The molecule has 178 valence electrons. The van der Waals surface area contributed by atoms with E-state index in [0.29, 0.717) is 29.5 Å². The van der Waals surface area contributed by atoms with Gasteiger partial charge >= 0.3 is 5.97 Å². The normalized spacial score (nSPS) is 14.8. The number of H-pyrrole nitrogens is 1. The predicted molar refractivity (Wildman–Crippen MR) is 125 cm³/mol. The van der Waals surface area contributed by atoms with Gasteiger partial charge in [-0.1, -0.05) is 25.0 Å². The molecule has 3 N–H and O–H groups in total. The maximum absolute atomic E-state index is 13.2. The minimum atomic E-state index is -0.914. The van der Waals surface area contributed by atoms with Gasteiger partial charge in [0.2, 0.25) is 5.91 Å². The topological polar surface area (TPSA) is 122 Å². The number of fused-ring (bicyclic) bond motifs is 1. The number of carbonyl (C=O) groups excluding carboxylic acids is 3. The molecule has 0 spiro atoms. The molecular weight excluding hydrogens is 436 g/mol. The molecule has 2 aromatic heterocycles. The summed E-state index contributed by atoms with van der Waals surface area (Å²) in [5.41, 5.74) is 1.73. The van der Waals surface area contributed by atoms with Crippen LogP contribution in [0.3, 0.4) is 0 Å². The van der Waals surface area contributed by atoms with Crippen LogP contribution < -0.4 is 15.4 Å². The number of rotatable bonds is 10. The van der Waals surface area contributed by atoms with Gasteiger partial charge in [0.25, 0.3) is 5.91 Å². The molecule has 2 amide bonds. The summed E-state index contributed by atoms with van der Waals surface area (Å²) in [7, 11) is 2.84. The van der Waals surface area contributed by atoms with Crippen molar-refractivity contribution in [3.63, 3.8) is 0 Å². The fourth-order valence-electron chi connectivity index (χ4n) is 3.92. The van der Waals surface area contributed by atoms with E-state index in [4.69, 9.17) is 9.47 Å². The minimum Gasteiger partial charge on any atom is -0.496 e. The smallest absolute Gasteiger partial charge is 0.328 e. The van der Waals surface area contributed by atoms with Crippen molar-refractivity contribution in [1.82, 2.24) is 20.6 Å². The van der Waals surface area contributed by atoms with Gasteiger partial charge in [0.1, 0.15) is 23.5 Å². The molecule has 1 aromatic carbocycles. The maximum Gasteiger partial charge on any atom is 0.328 e. The molecule has 1 fully saturated rings.